The van der Waals surface area contributed by atoms with Crippen molar-refractivity contribution in [2.24, 2.45) is 17.8 Å². The molecule has 1 spiro atoms. The minimum absolute atomic E-state index is 0.0707. The molecule has 274 valence electrons. The lowest BCUT2D eigenvalue weighted by molar-refractivity contribution is -0.136. The molecule has 0 radical (unpaired) electrons. The molecule has 4 fully saturated rings. The summed E-state index contributed by atoms with van der Waals surface area (Å²) >= 11 is 0. The molecule has 3 atom stereocenters. The third-order valence-electron chi connectivity index (χ3n) is 11.4. The number of hydrogen-bond acceptors (Lipinski definition) is 6. The molecular weight excluding hydrogens is 665 g/mol. The maximum absolute atomic E-state index is 14.3. The van der Waals surface area contributed by atoms with Gasteiger partial charge in [0, 0.05) is 41.4 Å². The number of ketones is 1. The van der Waals surface area contributed by atoms with Crippen molar-refractivity contribution in [3.05, 3.63) is 36.0 Å². The Hall–Kier alpha value is -3.98. The SMILES string of the molecule is CC(C)C(=O)N1CCC2(CC1)CC(CC(NC(=O)[C@H](CC1CCCCC1)NC(=O)c1cc3ccccc3[nH]1)C(=O)C(C#N)=S1CCCC1)C(=O)N2. The molecule has 3 saturated heterocycles. The molecule has 12 heteroatoms. The molecule has 2 unspecified atom stereocenters. The van der Waals surface area contributed by atoms with Gasteiger partial charge in [0.15, 0.2) is 0 Å². The summed E-state index contributed by atoms with van der Waals surface area (Å²) in [4.78, 5) is 73.5. The van der Waals surface area contributed by atoms with Crippen LogP contribution in [0.1, 0.15) is 101 Å². The Kier molecular flexibility index (Phi) is 11.6. The molecule has 1 saturated carbocycles. The highest BCUT2D eigenvalue weighted by molar-refractivity contribution is 8.17. The number of para-hydroxylation sites is 1. The van der Waals surface area contributed by atoms with Gasteiger partial charge in [-0.05, 0) is 74.5 Å². The third-order valence-corrected chi connectivity index (χ3v) is 13.8. The number of nitrogens with zero attached hydrogens (tertiary/aromatic N) is 2. The minimum Gasteiger partial charge on any atom is -0.351 e. The van der Waals surface area contributed by atoms with Crippen LogP contribution in [0.5, 0.6) is 0 Å². The van der Waals surface area contributed by atoms with E-state index in [9.17, 15) is 29.2 Å². The molecule has 11 nitrogen and oxygen atoms in total. The summed E-state index contributed by atoms with van der Waals surface area (Å²) in [6.45, 7) is 4.88. The molecule has 1 aliphatic carbocycles. The summed E-state index contributed by atoms with van der Waals surface area (Å²) in [6, 6.07) is 9.58. The predicted octanol–water partition coefficient (Wildman–Crippen LogP) is 4.59. The van der Waals surface area contributed by atoms with Crippen LogP contribution in [0.25, 0.3) is 10.9 Å². The number of aromatic nitrogens is 1. The van der Waals surface area contributed by atoms with E-state index in [1.165, 1.54) is 0 Å². The van der Waals surface area contributed by atoms with Crippen LogP contribution >= 0.6 is 10.5 Å². The van der Waals surface area contributed by atoms with Crippen LogP contribution in [0.15, 0.2) is 30.3 Å². The molecule has 2 aromatic rings. The molecule has 1 aromatic heterocycles. The van der Waals surface area contributed by atoms with Crippen molar-refractivity contribution in [1.82, 2.24) is 25.8 Å². The van der Waals surface area contributed by atoms with Gasteiger partial charge in [0.2, 0.25) is 23.5 Å². The first-order chi connectivity index (χ1) is 24.6. The molecule has 51 heavy (non-hydrogen) atoms. The Morgan fingerprint density at radius 2 is 1.69 bits per heavy atom. The van der Waals surface area contributed by atoms with Crippen LogP contribution in [-0.2, 0) is 19.2 Å². The fraction of sp³-hybridized carbons (Fsp3) is 0.615. The van der Waals surface area contributed by atoms with Crippen molar-refractivity contribution in [3.8, 4) is 6.07 Å². The van der Waals surface area contributed by atoms with E-state index in [2.05, 4.69) is 27.0 Å². The van der Waals surface area contributed by atoms with Gasteiger partial charge >= 0.3 is 0 Å². The zero-order chi connectivity index (χ0) is 36.1. The lowest BCUT2D eigenvalue weighted by atomic mass is 9.81. The van der Waals surface area contributed by atoms with E-state index in [1.807, 2.05) is 43.0 Å². The first kappa shape index (κ1) is 36.8. The average molecular weight is 717 g/mol. The van der Waals surface area contributed by atoms with E-state index < -0.39 is 51.6 Å². The highest BCUT2D eigenvalue weighted by Crippen LogP contribution is 2.37. The predicted molar refractivity (Wildman–Crippen MR) is 199 cm³/mol. The number of H-pyrrole nitrogens is 1. The van der Waals surface area contributed by atoms with Crippen LogP contribution in [0, 0.1) is 29.1 Å². The number of fused-ring (bicyclic) bond motifs is 1. The number of carbonyl (C=O) groups excluding carboxylic acids is 5. The number of likely N-dealkylation sites (tertiary alicyclic amines) is 1. The topological polar surface area (TPSA) is 164 Å². The molecule has 3 aliphatic heterocycles. The van der Waals surface area contributed by atoms with Gasteiger partial charge < -0.3 is 25.8 Å². The Morgan fingerprint density at radius 1 is 0.980 bits per heavy atom. The molecule has 0 bridgehead atoms. The van der Waals surface area contributed by atoms with E-state index in [0.717, 1.165) is 67.4 Å². The van der Waals surface area contributed by atoms with Gasteiger partial charge in [-0.3, -0.25) is 24.0 Å². The fourth-order valence-electron chi connectivity index (χ4n) is 8.51. The van der Waals surface area contributed by atoms with Crippen LogP contribution in [-0.4, -0.2) is 86.4 Å². The number of hydrogen-bond donors (Lipinski definition) is 4. The van der Waals surface area contributed by atoms with Crippen molar-refractivity contribution in [3.63, 3.8) is 0 Å². The van der Waals surface area contributed by atoms with Gasteiger partial charge in [-0.2, -0.15) is 15.7 Å². The number of rotatable bonds is 11. The number of benzene rings is 1. The molecule has 1 aromatic carbocycles. The number of nitriles is 1. The number of nitrogens with one attached hydrogen (secondary N) is 4. The van der Waals surface area contributed by atoms with Gasteiger partial charge in [-0.15, -0.1) is 0 Å². The normalized spacial score (nSPS) is 22.0. The van der Waals surface area contributed by atoms with Crippen molar-refractivity contribution < 1.29 is 24.0 Å². The molecule has 4 aliphatic rings. The van der Waals surface area contributed by atoms with Crippen molar-refractivity contribution in [2.75, 3.05) is 24.6 Å². The second-order valence-corrected chi connectivity index (χ2v) is 17.6. The highest BCUT2D eigenvalue weighted by atomic mass is 32.2. The number of carbonyl (C=O) groups is 5. The van der Waals surface area contributed by atoms with E-state index in [-0.39, 0.29) is 34.9 Å². The second kappa shape index (κ2) is 16.1. The first-order valence-corrected chi connectivity index (χ1v) is 20.4. The van der Waals surface area contributed by atoms with Crippen LogP contribution in [0.3, 0.4) is 0 Å². The number of Topliss-reactive ketones (excluding diaryl/α,β-unsaturated/α-hetero) is 1. The zero-order valence-corrected chi connectivity index (χ0v) is 30.7. The second-order valence-electron chi connectivity index (χ2n) is 15.4. The van der Waals surface area contributed by atoms with Crippen LogP contribution < -0.4 is 16.0 Å². The number of amides is 4. The Bertz CT molecular complexity index is 1690. The minimum atomic E-state index is -1.08. The lowest BCUT2D eigenvalue weighted by Crippen LogP contribution is -2.53. The van der Waals surface area contributed by atoms with Gasteiger partial charge in [-0.25, -0.2) is 0 Å². The summed E-state index contributed by atoms with van der Waals surface area (Å²) < 4.78 is 0. The molecular formula is C39H52N6O5S. The fourth-order valence-corrected chi connectivity index (χ4v) is 10.8. The summed E-state index contributed by atoms with van der Waals surface area (Å²) in [6.07, 6.45) is 9.38. The maximum Gasteiger partial charge on any atom is 0.268 e. The smallest absolute Gasteiger partial charge is 0.268 e. The van der Waals surface area contributed by atoms with Gasteiger partial charge in [-0.1, -0.05) is 64.2 Å². The summed E-state index contributed by atoms with van der Waals surface area (Å²) in [5.41, 5.74) is 0.694. The maximum atomic E-state index is 14.3. The average Bonchev–Trinajstić information content (AvgIpc) is 3.88. The van der Waals surface area contributed by atoms with Crippen molar-refractivity contribution in [2.45, 2.75) is 109 Å². The lowest BCUT2D eigenvalue weighted by Gasteiger charge is -2.40. The monoisotopic (exact) mass is 716 g/mol. The van der Waals surface area contributed by atoms with Crippen LogP contribution in [0.2, 0.25) is 0 Å². The van der Waals surface area contributed by atoms with Gasteiger partial charge in [0.25, 0.3) is 5.91 Å². The molecule has 6 rings (SSSR count). The molecule has 4 heterocycles. The first-order valence-electron chi connectivity index (χ1n) is 18.8. The third kappa shape index (κ3) is 8.57. The summed E-state index contributed by atoms with van der Waals surface area (Å²) in [5.74, 6) is -0.189. The van der Waals surface area contributed by atoms with Crippen molar-refractivity contribution in [1.29, 1.82) is 5.26 Å². The van der Waals surface area contributed by atoms with E-state index in [0.29, 0.717) is 44.5 Å². The van der Waals surface area contributed by atoms with Gasteiger partial charge in [0.1, 0.15) is 22.7 Å². The molecule has 4 amide bonds. The van der Waals surface area contributed by atoms with E-state index in [1.54, 1.807) is 6.07 Å². The molecule has 4 N–H and O–H groups in total. The number of piperidine rings is 1. The van der Waals surface area contributed by atoms with E-state index >= 15 is 0 Å². The highest BCUT2D eigenvalue weighted by Gasteiger charge is 2.48. The summed E-state index contributed by atoms with van der Waals surface area (Å²) in [7, 11) is -0.481. The number of aromatic amines is 1. The summed E-state index contributed by atoms with van der Waals surface area (Å²) in [5, 5.41) is 20.3. The Balaban J connectivity index is 1.22. The standard InChI is InChI=1S/C39H52N6O5S/c1-25(2)38(50)45-16-14-39(15-17-45)23-28(35(47)44-39)22-30(34(46)33(24-40)51-18-8-9-19-51)42-36(48)31(20-26-10-4-3-5-11-26)43-37(49)32-21-27-12-6-7-13-29(27)41-32/h6-7,12-13,21,25-26,28,30-31,41H,3-5,8-11,14-20,22-23H2,1-2H3,(H,42,48)(H,43,49)(H,44,47)/t28?,30?,31-/m0/s1. The zero-order valence-electron chi connectivity index (χ0n) is 29.9. The largest absolute Gasteiger partial charge is 0.351 e. The quantitative estimate of drug-likeness (QED) is 0.249. The van der Waals surface area contributed by atoms with Gasteiger partial charge in [0.05, 0.1) is 6.04 Å². The Morgan fingerprint density at radius 3 is 2.35 bits per heavy atom. The van der Waals surface area contributed by atoms with Crippen LogP contribution in [0.4, 0.5) is 0 Å². The van der Waals surface area contributed by atoms with E-state index in [4.69, 9.17) is 0 Å². The van der Waals surface area contributed by atoms with Crippen molar-refractivity contribution >= 4 is 55.7 Å². The Labute approximate surface area is 303 Å².